The zero-order valence-corrected chi connectivity index (χ0v) is 19.1. The second-order valence-corrected chi connectivity index (χ2v) is 9.69. The summed E-state index contributed by atoms with van der Waals surface area (Å²) in [5.41, 5.74) is 0.760. The highest BCUT2D eigenvalue weighted by atomic mass is 32.2. The molecule has 2 aromatic rings. The Bertz CT molecular complexity index is 1180. The molecular weight excluding hydrogens is 450 g/mol. The molecule has 2 heterocycles. The zero-order valence-electron chi connectivity index (χ0n) is 18.3. The average Bonchev–Trinajstić information content (AvgIpc) is 2.83. The Hall–Kier alpha value is -3.31. The van der Waals surface area contributed by atoms with Crippen LogP contribution >= 0.6 is 0 Å². The Kier molecular flexibility index (Phi) is 6.43. The van der Waals surface area contributed by atoms with Crippen molar-refractivity contribution < 1.29 is 32.2 Å². The van der Waals surface area contributed by atoms with E-state index in [9.17, 15) is 18.0 Å². The smallest absolute Gasteiger partial charge is 0.262 e. The third-order valence-electron chi connectivity index (χ3n) is 5.64. The number of sulfonamides is 1. The lowest BCUT2D eigenvalue weighted by atomic mass is 9.98. The maximum Gasteiger partial charge on any atom is 0.262 e. The van der Waals surface area contributed by atoms with Crippen molar-refractivity contribution in [1.29, 1.82) is 0 Å². The highest BCUT2D eigenvalue weighted by Crippen LogP contribution is 2.33. The van der Waals surface area contributed by atoms with Crippen molar-refractivity contribution in [3.8, 4) is 17.2 Å². The van der Waals surface area contributed by atoms with Crippen molar-refractivity contribution in [3.63, 3.8) is 0 Å². The first-order valence-electron chi connectivity index (χ1n) is 10.4. The second-order valence-electron chi connectivity index (χ2n) is 7.75. The summed E-state index contributed by atoms with van der Waals surface area (Å²) >= 11 is 0. The van der Waals surface area contributed by atoms with Gasteiger partial charge in [-0.3, -0.25) is 9.59 Å². The van der Waals surface area contributed by atoms with Gasteiger partial charge in [0.25, 0.3) is 5.91 Å². The summed E-state index contributed by atoms with van der Waals surface area (Å²) in [5, 5.41) is 5.45. The maximum atomic E-state index is 13.3. The molecule has 0 spiro atoms. The van der Waals surface area contributed by atoms with Gasteiger partial charge in [-0.2, -0.15) is 4.31 Å². The van der Waals surface area contributed by atoms with Crippen LogP contribution in [0.2, 0.25) is 0 Å². The first-order chi connectivity index (χ1) is 15.8. The lowest BCUT2D eigenvalue weighted by molar-refractivity contribution is -0.121. The summed E-state index contributed by atoms with van der Waals surface area (Å²) in [6, 6.07) is 9.39. The second kappa shape index (κ2) is 9.28. The van der Waals surface area contributed by atoms with Crippen molar-refractivity contribution in [1.82, 2.24) is 4.31 Å². The molecule has 0 bridgehead atoms. The van der Waals surface area contributed by atoms with Crippen molar-refractivity contribution in [2.75, 3.05) is 44.5 Å². The Balaban J connectivity index is 1.51. The molecule has 0 unspecified atom stereocenters. The van der Waals surface area contributed by atoms with Gasteiger partial charge < -0.3 is 24.8 Å². The SMILES string of the molecule is COc1ccc(OC)c(NC(=O)[C@@H]2CCCN(S(=O)(=O)c3ccc4c(c3)NC(=O)CO4)C2)c1. The molecule has 1 atom stereocenters. The number of nitrogens with zero attached hydrogens (tertiary/aromatic N) is 1. The first kappa shape index (κ1) is 22.9. The highest BCUT2D eigenvalue weighted by Gasteiger charge is 2.34. The summed E-state index contributed by atoms with van der Waals surface area (Å²) in [5.74, 6) is 0.263. The summed E-state index contributed by atoms with van der Waals surface area (Å²) in [7, 11) is -0.852. The molecule has 2 amide bonds. The normalized spacial score (nSPS) is 18.5. The molecule has 1 saturated heterocycles. The molecule has 176 valence electrons. The molecule has 4 rings (SSSR count). The number of nitrogens with one attached hydrogen (secondary N) is 2. The number of hydrogen-bond donors (Lipinski definition) is 2. The van der Waals surface area contributed by atoms with Crippen molar-refractivity contribution in [2.24, 2.45) is 5.92 Å². The molecule has 1 fully saturated rings. The number of fused-ring (bicyclic) bond motifs is 1. The number of methoxy groups -OCH3 is 2. The molecule has 10 nitrogen and oxygen atoms in total. The predicted molar refractivity (Wildman–Crippen MR) is 120 cm³/mol. The largest absolute Gasteiger partial charge is 0.497 e. The molecule has 0 aromatic heterocycles. The number of hydrogen-bond acceptors (Lipinski definition) is 7. The number of piperidine rings is 1. The number of carbonyl (C=O) groups excluding carboxylic acids is 2. The van der Waals surface area contributed by atoms with Crippen LogP contribution in [0.1, 0.15) is 12.8 Å². The quantitative estimate of drug-likeness (QED) is 0.656. The standard InChI is InChI=1S/C22H25N3O7S/c1-30-15-5-7-19(31-2)17(10-15)24-22(27)14-4-3-9-25(12-14)33(28,29)16-6-8-20-18(11-16)23-21(26)13-32-20/h5-8,10-11,14H,3-4,9,12-13H2,1-2H3,(H,23,26)(H,24,27)/t14-/m1/s1. The van der Waals surface area contributed by atoms with Gasteiger partial charge in [0.2, 0.25) is 15.9 Å². The van der Waals surface area contributed by atoms with E-state index in [0.29, 0.717) is 48.0 Å². The third kappa shape index (κ3) is 4.74. The summed E-state index contributed by atoms with van der Waals surface area (Å²) in [6.07, 6.45) is 1.09. The Labute approximate surface area is 191 Å². The van der Waals surface area contributed by atoms with E-state index >= 15 is 0 Å². The van der Waals surface area contributed by atoms with Crippen molar-refractivity contribution in [2.45, 2.75) is 17.7 Å². The highest BCUT2D eigenvalue weighted by molar-refractivity contribution is 7.89. The Morgan fingerprint density at radius 1 is 1.18 bits per heavy atom. The number of rotatable bonds is 6. The molecule has 11 heteroatoms. The minimum absolute atomic E-state index is 0.0302. The topological polar surface area (TPSA) is 123 Å². The summed E-state index contributed by atoms with van der Waals surface area (Å²) < 4.78 is 43.6. The van der Waals surface area contributed by atoms with Gasteiger partial charge in [0.15, 0.2) is 6.61 Å². The molecule has 0 aliphatic carbocycles. The van der Waals surface area contributed by atoms with Crippen LogP contribution < -0.4 is 24.8 Å². The van der Waals surface area contributed by atoms with Gasteiger partial charge in [-0.25, -0.2) is 8.42 Å². The number of ether oxygens (including phenoxy) is 3. The van der Waals surface area contributed by atoms with Crippen LogP contribution in [0.15, 0.2) is 41.3 Å². The van der Waals surface area contributed by atoms with Gasteiger partial charge in [-0.15, -0.1) is 0 Å². The van der Waals surface area contributed by atoms with Crippen molar-refractivity contribution in [3.05, 3.63) is 36.4 Å². The van der Waals surface area contributed by atoms with Gasteiger partial charge in [-0.05, 0) is 43.2 Å². The van der Waals surface area contributed by atoms with Gasteiger partial charge in [0.1, 0.15) is 17.2 Å². The molecule has 2 aliphatic heterocycles. The van der Waals surface area contributed by atoms with E-state index in [2.05, 4.69) is 10.6 Å². The average molecular weight is 476 g/mol. The zero-order chi connectivity index (χ0) is 23.6. The fraction of sp³-hybridized carbons (Fsp3) is 0.364. The molecule has 2 aromatic carbocycles. The van der Waals surface area contributed by atoms with E-state index in [-0.39, 0.29) is 29.9 Å². The fourth-order valence-corrected chi connectivity index (χ4v) is 5.44. The van der Waals surface area contributed by atoms with Crippen LogP contribution in [0.25, 0.3) is 0 Å². The number of carbonyl (C=O) groups is 2. The predicted octanol–water partition coefficient (Wildman–Crippen LogP) is 2.07. The lowest BCUT2D eigenvalue weighted by Gasteiger charge is -2.31. The monoisotopic (exact) mass is 475 g/mol. The molecular formula is C22H25N3O7S. The number of amides is 2. The van der Waals surface area contributed by atoms with Crippen LogP contribution in [-0.4, -0.2) is 58.5 Å². The van der Waals surface area contributed by atoms with E-state index in [0.717, 1.165) is 0 Å². The molecule has 0 saturated carbocycles. The minimum Gasteiger partial charge on any atom is -0.497 e. The van der Waals surface area contributed by atoms with Crippen LogP contribution in [0.5, 0.6) is 17.2 Å². The number of anilines is 2. The van der Waals surface area contributed by atoms with Gasteiger partial charge >= 0.3 is 0 Å². The van der Waals surface area contributed by atoms with Gasteiger partial charge in [-0.1, -0.05) is 0 Å². The minimum atomic E-state index is -3.87. The molecule has 0 radical (unpaired) electrons. The maximum absolute atomic E-state index is 13.3. The third-order valence-corrected chi connectivity index (χ3v) is 7.50. The van der Waals surface area contributed by atoms with Crippen LogP contribution in [0, 0.1) is 5.92 Å². The first-order valence-corrected chi connectivity index (χ1v) is 11.9. The van der Waals surface area contributed by atoms with Gasteiger partial charge in [0.05, 0.1) is 36.4 Å². The van der Waals surface area contributed by atoms with E-state index in [1.165, 1.54) is 36.7 Å². The van der Waals surface area contributed by atoms with Crippen molar-refractivity contribution >= 4 is 33.2 Å². The summed E-state index contributed by atoms with van der Waals surface area (Å²) in [6.45, 7) is 0.231. The lowest BCUT2D eigenvalue weighted by Crippen LogP contribution is -2.43. The Morgan fingerprint density at radius 2 is 2.00 bits per heavy atom. The van der Waals surface area contributed by atoms with Gasteiger partial charge in [0, 0.05) is 19.2 Å². The molecule has 33 heavy (non-hydrogen) atoms. The fourth-order valence-electron chi connectivity index (χ4n) is 3.89. The van der Waals surface area contributed by atoms with Crippen LogP contribution in [0.3, 0.4) is 0 Å². The van der Waals surface area contributed by atoms with Crippen LogP contribution in [-0.2, 0) is 19.6 Å². The van der Waals surface area contributed by atoms with E-state index < -0.39 is 15.9 Å². The van der Waals surface area contributed by atoms with E-state index in [4.69, 9.17) is 14.2 Å². The molecule has 2 aliphatic rings. The summed E-state index contributed by atoms with van der Waals surface area (Å²) in [4.78, 5) is 24.6. The van der Waals surface area contributed by atoms with Crippen LogP contribution in [0.4, 0.5) is 11.4 Å². The molecule has 2 N–H and O–H groups in total. The number of benzene rings is 2. The van der Waals surface area contributed by atoms with E-state index in [1.807, 2.05) is 0 Å². The Morgan fingerprint density at radius 3 is 2.76 bits per heavy atom. The van der Waals surface area contributed by atoms with E-state index in [1.54, 1.807) is 18.2 Å².